The zero-order valence-corrected chi connectivity index (χ0v) is 13.5. The predicted molar refractivity (Wildman–Crippen MR) is 87.1 cm³/mol. The summed E-state index contributed by atoms with van der Waals surface area (Å²) in [7, 11) is -2.14. The highest BCUT2D eigenvalue weighted by Crippen LogP contribution is 2.30. The van der Waals surface area contributed by atoms with Crippen LogP contribution < -0.4 is 10.0 Å². The summed E-state index contributed by atoms with van der Waals surface area (Å²) in [6.45, 7) is 5.61. The smallest absolute Gasteiger partial charge is 0.266 e. The molecular weight excluding hydrogens is 284 g/mol. The molecule has 0 bridgehead atoms. The third kappa shape index (κ3) is 2.74. The normalized spacial score (nSPS) is 11.4. The van der Waals surface area contributed by atoms with Gasteiger partial charge in [-0.2, -0.15) is 0 Å². The largest absolute Gasteiger partial charge is 0.398 e. The molecule has 5 heteroatoms. The van der Waals surface area contributed by atoms with Gasteiger partial charge in [0.15, 0.2) is 0 Å². The Kier molecular flexibility index (Phi) is 3.96. The highest BCUT2D eigenvalue weighted by Gasteiger charge is 2.26. The Labute approximate surface area is 126 Å². The maximum atomic E-state index is 12.9. The quantitative estimate of drug-likeness (QED) is 0.887. The minimum atomic E-state index is -3.68. The van der Waals surface area contributed by atoms with E-state index in [2.05, 4.69) is 0 Å². The van der Waals surface area contributed by atoms with E-state index in [1.807, 2.05) is 32.0 Å². The van der Waals surface area contributed by atoms with E-state index in [1.54, 1.807) is 32.2 Å². The number of hydrogen-bond acceptors (Lipinski definition) is 3. The fraction of sp³-hybridized carbons (Fsp3) is 0.250. The number of nitrogen functional groups attached to an aromatic ring is 1. The molecule has 21 heavy (non-hydrogen) atoms. The summed E-state index contributed by atoms with van der Waals surface area (Å²) in [5.74, 6) is 0. The summed E-state index contributed by atoms with van der Waals surface area (Å²) in [6, 6.07) is 10.8. The van der Waals surface area contributed by atoms with Crippen LogP contribution in [0.25, 0.3) is 0 Å². The topological polar surface area (TPSA) is 63.4 Å². The van der Waals surface area contributed by atoms with Crippen LogP contribution in [-0.2, 0) is 10.0 Å². The van der Waals surface area contributed by atoms with Gasteiger partial charge in [0.1, 0.15) is 4.90 Å². The Balaban J connectivity index is 2.57. The van der Waals surface area contributed by atoms with E-state index < -0.39 is 10.0 Å². The molecule has 0 amide bonds. The van der Waals surface area contributed by atoms with Gasteiger partial charge in [-0.05, 0) is 50.1 Å². The maximum absolute atomic E-state index is 12.9. The molecule has 0 spiro atoms. The molecule has 0 saturated heterocycles. The lowest BCUT2D eigenvalue weighted by molar-refractivity contribution is 0.594. The van der Waals surface area contributed by atoms with Crippen molar-refractivity contribution < 1.29 is 8.42 Å². The van der Waals surface area contributed by atoms with Crippen LogP contribution in [0.15, 0.2) is 41.3 Å². The first kappa shape index (κ1) is 15.4. The number of sulfonamides is 1. The number of aryl methyl sites for hydroxylation is 2. The van der Waals surface area contributed by atoms with E-state index in [-0.39, 0.29) is 10.6 Å². The molecule has 2 rings (SSSR count). The van der Waals surface area contributed by atoms with Crippen molar-refractivity contribution in [1.29, 1.82) is 0 Å². The standard InChI is InChI=1S/C16H20N2O2S/c1-11-5-8-14(9-6-11)18(4)21(19,20)16-13(3)12(2)7-10-15(16)17/h5-10H,17H2,1-4H3. The van der Waals surface area contributed by atoms with Gasteiger partial charge in [0.25, 0.3) is 10.0 Å². The predicted octanol–water partition coefficient (Wildman–Crippen LogP) is 3.02. The second kappa shape index (κ2) is 5.41. The molecule has 0 unspecified atom stereocenters. The zero-order valence-electron chi connectivity index (χ0n) is 12.7. The summed E-state index contributed by atoms with van der Waals surface area (Å²) in [6.07, 6.45) is 0. The summed E-state index contributed by atoms with van der Waals surface area (Å²) in [4.78, 5) is 0.186. The van der Waals surface area contributed by atoms with E-state index in [9.17, 15) is 8.42 Å². The average molecular weight is 304 g/mol. The number of nitrogens with two attached hydrogens (primary N) is 1. The molecule has 0 aromatic heterocycles. The monoisotopic (exact) mass is 304 g/mol. The molecule has 2 aromatic rings. The zero-order chi connectivity index (χ0) is 15.8. The third-order valence-electron chi connectivity index (χ3n) is 3.72. The summed E-state index contributed by atoms with van der Waals surface area (Å²) < 4.78 is 27.0. The van der Waals surface area contributed by atoms with Gasteiger partial charge in [-0.25, -0.2) is 8.42 Å². The lowest BCUT2D eigenvalue weighted by atomic mass is 10.1. The fourth-order valence-electron chi connectivity index (χ4n) is 2.18. The SMILES string of the molecule is Cc1ccc(N(C)S(=O)(=O)c2c(N)ccc(C)c2C)cc1. The van der Waals surface area contributed by atoms with Gasteiger partial charge in [-0.1, -0.05) is 23.8 Å². The van der Waals surface area contributed by atoms with Crippen LogP contribution in [0.1, 0.15) is 16.7 Å². The summed E-state index contributed by atoms with van der Waals surface area (Å²) in [5.41, 5.74) is 9.47. The van der Waals surface area contributed by atoms with Crippen molar-refractivity contribution in [3.05, 3.63) is 53.1 Å². The lowest BCUT2D eigenvalue weighted by Crippen LogP contribution is -2.28. The highest BCUT2D eigenvalue weighted by atomic mass is 32.2. The molecular formula is C16H20N2O2S. The van der Waals surface area contributed by atoms with E-state index >= 15 is 0 Å². The van der Waals surface area contributed by atoms with E-state index in [1.165, 1.54) is 4.31 Å². The molecule has 0 radical (unpaired) electrons. The van der Waals surface area contributed by atoms with Crippen LogP contribution in [-0.4, -0.2) is 15.5 Å². The Morgan fingerprint density at radius 2 is 1.52 bits per heavy atom. The number of nitrogens with zero attached hydrogens (tertiary/aromatic N) is 1. The van der Waals surface area contributed by atoms with Gasteiger partial charge in [-0.3, -0.25) is 4.31 Å². The Hall–Kier alpha value is -2.01. The molecule has 0 heterocycles. The number of anilines is 2. The third-order valence-corrected chi connectivity index (χ3v) is 5.71. The first-order valence-electron chi connectivity index (χ1n) is 6.66. The van der Waals surface area contributed by atoms with E-state index in [0.717, 1.165) is 11.1 Å². The second-order valence-electron chi connectivity index (χ2n) is 5.23. The van der Waals surface area contributed by atoms with Crippen LogP contribution in [0.5, 0.6) is 0 Å². The van der Waals surface area contributed by atoms with Gasteiger partial charge in [-0.15, -0.1) is 0 Å². The fourth-order valence-corrected chi connectivity index (χ4v) is 3.77. The Bertz CT molecular complexity index is 766. The summed E-state index contributed by atoms with van der Waals surface area (Å²) >= 11 is 0. The van der Waals surface area contributed by atoms with Crippen LogP contribution in [0.4, 0.5) is 11.4 Å². The van der Waals surface area contributed by atoms with Gasteiger partial charge >= 0.3 is 0 Å². The minimum absolute atomic E-state index is 0.186. The molecule has 0 aliphatic heterocycles. The van der Waals surface area contributed by atoms with E-state index in [4.69, 9.17) is 5.73 Å². The van der Waals surface area contributed by atoms with Crippen molar-refractivity contribution in [3.63, 3.8) is 0 Å². The van der Waals surface area contributed by atoms with E-state index in [0.29, 0.717) is 11.3 Å². The molecule has 4 nitrogen and oxygen atoms in total. The minimum Gasteiger partial charge on any atom is -0.398 e. The van der Waals surface area contributed by atoms with Crippen molar-refractivity contribution >= 4 is 21.4 Å². The van der Waals surface area contributed by atoms with Gasteiger partial charge in [0.05, 0.1) is 11.4 Å². The van der Waals surface area contributed by atoms with Gasteiger partial charge in [0, 0.05) is 7.05 Å². The average Bonchev–Trinajstić information content (AvgIpc) is 2.43. The maximum Gasteiger partial charge on any atom is 0.266 e. The highest BCUT2D eigenvalue weighted by molar-refractivity contribution is 7.93. The van der Waals surface area contributed by atoms with Crippen LogP contribution in [0.3, 0.4) is 0 Å². The molecule has 0 atom stereocenters. The second-order valence-corrected chi connectivity index (χ2v) is 7.14. The molecule has 112 valence electrons. The first-order valence-corrected chi connectivity index (χ1v) is 8.10. The molecule has 0 aliphatic carbocycles. The van der Waals surface area contributed by atoms with Crippen LogP contribution in [0, 0.1) is 20.8 Å². The lowest BCUT2D eigenvalue weighted by Gasteiger charge is -2.22. The molecule has 2 aromatic carbocycles. The van der Waals surface area contributed by atoms with Crippen molar-refractivity contribution in [2.24, 2.45) is 0 Å². The van der Waals surface area contributed by atoms with Gasteiger partial charge < -0.3 is 5.73 Å². The number of hydrogen-bond donors (Lipinski definition) is 1. The summed E-state index contributed by atoms with van der Waals surface area (Å²) in [5, 5.41) is 0. The van der Waals surface area contributed by atoms with Crippen molar-refractivity contribution in [2.45, 2.75) is 25.7 Å². The molecule has 0 saturated carbocycles. The molecule has 0 fully saturated rings. The first-order chi connectivity index (χ1) is 9.75. The Morgan fingerprint density at radius 3 is 2.10 bits per heavy atom. The van der Waals surface area contributed by atoms with Gasteiger partial charge in [0.2, 0.25) is 0 Å². The van der Waals surface area contributed by atoms with Crippen molar-refractivity contribution in [2.75, 3.05) is 17.1 Å². The van der Waals surface area contributed by atoms with Crippen molar-refractivity contribution in [1.82, 2.24) is 0 Å². The number of benzene rings is 2. The molecule has 2 N–H and O–H groups in total. The number of rotatable bonds is 3. The van der Waals surface area contributed by atoms with Crippen LogP contribution >= 0.6 is 0 Å². The molecule has 0 aliphatic rings. The van der Waals surface area contributed by atoms with Crippen molar-refractivity contribution in [3.8, 4) is 0 Å². The Morgan fingerprint density at radius 1 is 0.952 bits per heavy atom. The van der Waals surface area contributed by atoms with Crippen LogP contribution in [0.2, 0.25) is 0 Å².